The molecule has 0 bridgehead atoms. The van der Waals surface area contributed by atoms with Gasteiger partial charge in [-0.25, -0.2) is 0 Å². The molecule has 28 heavy (non-hydrogen) atoms. The average Bonchev–Trinajstić information content (AvgIpc) is 3.21. The van der Waals surface area contributed by atoms with E-state index in [1.807, 2.05) is 56.6 Å². The fraction of sp³-hybridized carbons (Fsp3) is 0.381. The van der Waals surface area contributed by atoms with Crippen molar-refractivity contribution in [1.29, 1.82) is 0 Å². The number of nitrogens with zero attached hydrogens (tertiary/aromatic N) is 3. The minimum absolute atomic E-state index is 0.0530. The molecular formula is C21H26N4O2S. The van der Waals surface area contributed by atoms with Gasteiger partial charge < -0.3 is 10.2 Å². The van der Waals surface area contributed by atoms with Crippen molar-refractivity contribution in [2.45, 2.75) is 40.3 Å². The molecule has 148 valence electrons. The SMILES string of the molecule is CCN(CC(=O)NC(C)C)C(=O)c1cc2c(C)nn(Cc3ccccc3)c2s1. The van der Waals surface area contributed by atoms with E-state index in [4.69, 9.17) is 0 Å². The van der Waals surface area contributed by atoms with Crippen molar-refractivity contribution in [3.05, 3.63) is 52.5 Å². The van der Waals surface area contributed by atoms with Crippen LogP contribution in [0.5, 0.6) is 0 Å². The lowest BCUT2D eigenvalue weighted by Gasteiger charge is -2.20. The summed E-state index contributed by atoms with van der Waals surface area (Å²) in [5.41, 5.74) is 2.07. The second kappa shape index (κ2) is 8.56. The van der Waals surface area contributed by atoms with Crippen molar-refractivity contribution in [1.82, 2.24) is 20.0 Å². The van der Waals surface area contributed by atoms with Gasteiger partial charge in [0, 0.05) is 18.0 Å². The molecule has 3 aromatic rings. The van der Waals surface area contributed by atoms with Crippen LogP contribution in [0, 0.1) is 6.92 Å². The lowest BCUT2D eigenvalue weighted by Crippen LogP contribution is -2.42. The van der Waals surface area contributed by atoms with Crippen LogP contribution < -0.4 is 5.32 Å². The van der Waals surface area contributed by atoms with Gasteiger partial charge in [0.15, 0.2) is 0 Å². The van der Waals surface area contributed by atoms with Gasteiger partial charge in [-0.1, -0.05) is 30.3 Å². The molecule has 1 aromatic carbocycles. The van der Waals surface area contributed by atoms with Crippen LogP contribution in [0.25, 0.3) is 10.2 Å². The van der Waals surface area contributed by atoms with Crippen LogP contribution in [0.15, 0.2) is 36.4 Å². The number of benzene rings is 1. The number of carbonyl (C=O) groups is 2. The summed E-state index contributed by atoms with van der Waals surface area (Å²) < 4.78 is 1.95. The molecule has 0 fully saturated rings. The third-order valence-corrected chi connectivity index (χ3v) is 5.58. The van der Waals surface area contributed by atoms with Crippen molar-refractivity contribution in [2.75, 3.05) is 13.1 Å². The summed E-state index contributed by atoms with van der Waals surface area (Å²) >= 11 is 1.43. The van der Waals surface area contributed by atoms with Gasteiger partial charge in [0.1, 0.15) is 4.83 Å². The van der Waals surface area contributed by atoms with E-state index in [1.165, 1.54) is 11.3 Å². The van der Waals surface area contributed by atoms with Crippen molar-refractivity contribution >= 4 is 33.4 Å². The van der Waals surface area contributed by atoms with E-state index in [-0.39, 0.29) is 24.4 Å². The smallest absolute Gasteiger partial charge is 0.264 e. The molecule has 1 N–H and O–H groups in total. The number of nitrogens with one attached hydrogen (secondary N) is 1. The van der Waals surface area contributed by atoms with Crippen LogP contribution in [-0.4, -0.2) is 45.6 Å². The van der Waals surface area contributed by atoms with E-state index in [0.717, 1.165) is 21.5 Å². The molecule has 3 rings (SSSR count). The highest BCUT2D eigenvalue weighted by Crippen LogP contribution is 2.29. The Morgan fingerprint density at radius 3 is 2.61 bits per heavy atom. The maximum atomic E-state index is 13.0. The second-order valence-electron chi connectivity index (χ2n) is 7.10. The maximum Gasteiger partial charge on any atom is 0.264 e. The van der Waals surface area contributed by atoms with E-state index in [0.29, 0.717) is 18.0 Å². The Bertz CT molecular complexity index is 975. The Kier molecular flexibility index (Phi) is 6.14. The Labute approximate surface area is 169 Å². The standard InChI is InChI=1S/C21H26N4O2S/c1-5-24(13-19(26)22-14(2)3)20(27)18-11-17-15(4)23-25(21(17)28-18)12-16-9-7-6-8-10-16/h6-11,14H,5,12-13H2,1-4H3,(H,22,26). The normalized spacial score (nSPS) is 11.2. The van der Waals surface area contributed by atoms with Crippen molar-refractivity contribution in [2.24, 2.45) is 0 Å². The Morgan fingerprint density at radius 2 is 1.96 bits per heavy atom. The van der Waals surface area contributed by atoms with Crippen LogP contribution in [0.1, 0.15) is 41.7 Å². The number of aromatic nitrogens is 2. The number of thiophene rings is 1. The van der Waals surface area contributed by atoms with Gasteiger partial charge in [0.25, 0.3) is 5.91 Å². The van der Waals surface area contributed by atoms with Gasteiger partial charge >= 0.3 is 0 Å². The van der Waals surface area contributed by atoms with Gasteiger partial charge in [0.05, 0.1) is 23.7 Å². The van der Waals surface area contributed by atoms with E-state index < -0.39 is 0 Å². The summed E-state index contributed by atoms with van der Waals surface area (Å²) in [5, 5.41) is 8.46. The van der Waals surface area contributed by atoms with Gasteiger partial charge in [-0.05, 0) is 39.3 Å². The molecule has 0 aliphatic carbocycles. The minimum Gasteiger partial charge on any atom is -0.352 e. The van der Waals surface area contributed by atoms with Crippen molar-refractivity contribution < 1.29 is 9.59 Å². The molecule has 0 spiro atoms. The van der Waals surface area contributed by atoms with Gasteiger partial charge in [0.2, 0.25) is 5.91 Å². The van der Waals surface area contributed by atoms with Gasteiger partial charge in [-0.3, -0.25) is 14.3 Å². The monoisotopic (exact) mass is 398 g/mol. The molecule has 2 heterocycles. The lowest BCUT2D eigenvalue weighted by molar-refractivity contribution is -0.122. The van der Waals surface area contributed by atoms with Gasteiger partial charge in [-0.15, -0.1) is 11.3 Å². The van der Waals surface area contributed by atoms with Crippen LogP contribution in [0.4, 0.5) is 0 Å². The number of carbonyl (C=O) groups excluding carboxylic acids is 2. The Hall–Kier alpha value is -2.67. The number of aryl methyl sites for hydroxylation is 1. The molecule has 0 atom stereocenters. The van der Waals surface area contributed by atoms with E-state index in [2.05, 4.69) is 22.5 Å². The van der Waals surface area contributed by atoms with Crippen LogP contribution in [0.2, 0.25) is 0 Å². The molecular weight excluding hydrogens is 372 g/mol. The first kappa shape index (κ1) is 20.1. The predicted molar refractivity (Wildman–Crippen MR) is 113 cm³/mol. The quantitative estimate of drug-likeness (QED) is 0.663. The molecule has 6 nitrogen and oxygen atoms in total. The van der Waals surface area contributed by atoms with Crippen molar-refractivity contribution in [3.63, 3.8) is 0 Å². The van der Waals surface area contributed by atoms with E-state index >= 15 is 0 Å². The zero-order valence-electron chi connectivity index (χ0n) is 16.7. The second-order valence-corrected chi connectivity index (χ2v) is 8.13. The third kappa shape index (κ3) is 4.42. The fourth-order valence-corrected chi connectivity index (χ4v) is 4.23. The highest BCUT2D eigenvalue weighted by Gasteiger charge is 2.22. The Balaban J connectivity index is 1.84. The molecule has 7 heteroatoms. The first-order valence-corrected chi connectivity index (χ1v) is 10.3. The van der Waals surface area contributed by atoms with Crippen LogP contribution >= 0.6 is 11.3 Å². The first-order valence-electron chi connectivity index (χ1n) is 9.48. The molecule has 2 amide bonds. The molecule has 0 aliphatic heterocycles. The number of likely N-dealkylation sites (N-methyl/N-ethyl adjacent to an activating group) is 1. The topological polar surface area (TPSA) is 67.2 Å². The molecule has 0 aliphatic rings. The largest absolute Gasteiger partial charge is 0.352 e. The molecule has 0 saturated heterocycles. The summed E-state index contributed by atoms with van der Waals surface area (Å²) in [7, 11) is 0. The molecule has 0 radical (unpaired) electrons. The molecule has 2 aromatic heterocycles. The zero-order chi connectivity index (χ0) is 20.3. The number of amides is 2. The maximum absolute atomic E-state index is 13.0. The van der Waals surface area contributed by atoms with Crippen LogP contribution in [0.3, 0.4) is 0 Å². The first-order chi connectivity index (χ1) is 13.4. The fourth-order valence-electron chi connectivity index (χ4n) is 3.11. The molecule has 0 saturated carbocycles. The summed E-state index contributed by atoms with van der Waals surface area (Å²) in [6.07, 6.45) is 0. The minimum atomic E-state index is -0.141. The van der Waals surface area contributed by atoms with Gasteiger partial charge in [-0.2, -0.15) is 5.10 Å². The number of hydrogen-bond donors (Lipinski definition) is 1. The number of rotatable bonds is 7. The highest BCUT2D eigenvalue weighted by atomic mass is 32.1. The molecule has 0 unspecified atom stereocenters. The zero-order valence-corrected chi connectivity index (χ0v) is 17.5. The summed E-state index contributed by atoms with van der Waals surface area (Å²) in [6, 6.07) is 12.1. The van der Waals surface area contributed by atoms with E-state index in [1.54, 1.807) is 4.90 Å². The van der Waals surface area contributed by atoms with Crippen LogP contribution in [-0.2, 0) is 11.3 Å². The third-order valence-electron chi connectivity index (χ3n) is 4.45. The summed E-state index contributed by atoms with van der Waals surface area (Å²) in [5.74, 6) is -0.258. The predicted octanol–water partition coefficient (Wildman–Crippen LogP) is 3.44. The average molecular weight is 399 g/mol. The Morgan fingerprint density at radius 1 is 1.25 bits per heavy atom. The van der Waals surface area contributed by atoms with Crippen molar-refractivity contribution in [3.8, 4) is 0 Å². The number of fused-ring (bicyclic) bond motifs is 1. The summed E-state index contributed by atoms with van der Waals surface area (Å²) in [6.45, 7) is 8.86. The highest BCUT2D eigenvalue weighted by molar-refractivity contribution is 7.20. The summed E-state index contributed by atoms with van der Waals surface area (Å²) in [4.78, 5) is 28.2. The van der Waals surface area contributed by atoms with E-state index in [9.17, 15) is 9.59 Å². The lowest BCUT2D eigenvalue weighted by atomic mass is 10.2. The number of hydrogen-bond acceptors (Lipinski definition) is 4.